The van der Waals surface area contributed by atoms with Crippen molar-refractivity contribution in [3.63, 3.8) is 0 Å². The van der Waals surface area contributed by atoms with Gasteiger partial charge in [0.1, 0.15) is 5.75 Å². The van der Waals surface area contributed by atoms with Gasteiger partial charge in [-0.1, -0.05) is 0 Å². The van der Waals surface area contributed by atoms with Gasteiger partial charge in [0.15, 0.2) is 0 Å². The van der Waals surface area contributed by atoms with Crippen LogP contribution in [-0.2, 0) is 4.74 Å². The second kappa shape index (κ2) is 7.70. The topological polar surface area (TPSA) is 50.8 Å². The zero-order valence-corrected chi connectivity index (χ0v) is 13.5. The van der Waals surface area contributed by atoms with E-state index in [0.29, 0.717) is 18.2 Å². The molecule has 0 saturated carbocycles. The van der Waals surface area contributed by atoms with E-state index in [4.69, 9.17) is 4.74 Å². The fourth-order valence-electron chi connectivity index (χ4n) is 2.64. The molecule has 1 aromatic carbocycles. The second-order valence-electron chi connectivity index (χ2n) is 5.80. The molecule has 1 aliphatic rings. The minimum absolute atomic E-state index is 0.0261. The van der Waals surface area contributed by atoms with Gasteiger partial charge in [-0.25, -0.2) is 0 Å². The summed E-state index contributed by atoms with van der Waals surface area (Å²) in [5.41, 5.74) is 0.393. The van der Waals surface area contributed by atoms with E-state index in [1.165, 1.54) is 24.3 Å². The molecule has 1 N–H and O–H groups in total. The molecule has 0 unspecified atom stereocenters. The van der Waals surface area contributed by atoms with Crippen molar-refractivity contribution in [1.29, 1.82) is 0 Å². The van der Waals surface area contributed by atoms with E-state index in [-0.39, 0.29) is 23.8 Å². The van der Waals surface area contributed by atoms with Gasteiger partial charge in [-0.2, -0.15) is 8.78 Å². The fraction of sp³-hybridized carbons (Fsp3) is 0.562. The third-order valence-electron chi connectivity index (χ3n) is 3.99. The van der Waals surface area contributed by atoms with Crippen LogP contribution < -0.4 is 10.1 Å². The molecule has 0 aromatic heterocycles. The van der Waals surface area contributed by atoms with Gasteiger partial charge in [-0.15, -0.1) is 0 Å². The molecule has 7 heteroatoms. The summed E-state index contributed by atoms with van der Waals surface area (Å²) in [6, 6.07) is 5.90. The zero-order valence-electron chi connectivity index (χ0n) is 13.5. The standard InChI is InChI=1S/C16H22F2N2O3/c1-10(2)20-8-13(14(9-20)22-3)19-15(21)11-4-6-12(7-5-11)23-16(17)18/h4-7,10,13-14,16H,8-9H2,1-3H3,(H,19,21)/t13-,14-/m0/s1. The number of alkyl halides is 2. The van der Waals surface area contributed by atoms with E-state index in [0.717, 1.165) is 6.54 Å². The van der Waals surface area contributed by atoms with Crippen LogP contribution in [0.5, 0.6) is 5.75 Å². The van der Waals surface area contributed by atoms with Crippen molar-refractivity contribution < 1.29 is 23.0 Å². The van der Waals surface area contributed by atoms with E-state index >= 15 is 0 Å². The molecule has 1 fully saturated rings. The van der Waals surface area contributed by atoms with E-state index in [9.17, 15) is 13.6 Å². The average molecular weight is 328 g/mol. The van der Waals surface area contributed by atoms with Crippen molar-refractivity contribution in [2.24, 2.45) is 0 Å². The second-order valence-corrected chi connectivity index (χ2v) is 5.80. The predicted octanol–water partition coefficient (Wildman–Crippen LogP) is 2.13. The number of nitrogens with one attached hydrogen (secondary N) is 1. The van der Waals surface area contributed by atoms with Crippen molar-refractivity contribution in [2.45, 2.75) is 38.6 Å². The first-order valence-electron chi connectivity index (χ1n) is 7.53. The van der Waals surface area contributed by atoms with Crippen molar-refractivity contribution in [3.8, 4) is 5.75 Å². The smallest absolute Gasteiger partial charge is 0.387 e. The molecule has 128 valence electrons. The molecule has 2 atom stereocenters. The molecule has 1 amide bonds. The van der Waals surface area contributed by atoms with Gasteiger partial charge in [0.25, 0.3) is 5.91 Å². The summed E-state index contributed by atoms with van der Waals surface area (Å²) in [5, 5.41) is 2.95. The Morgan fingerprint density at radius 3 is 2.43 bits per heavy atom. The number of benzene rings is 1. The van der Waals surface area contributed by atoms with Crippen molar-refractivity contribution in [1.82, 2.24) is 10.2 Å². The molecule has 0 bridgehead atoms. The lowest BCUT2D eigenvalue weighted by molar-refractivity contribution is -0.0498. The summed E-state index contributed by atoms with van der Waals surface area (Å²) in [6.45, 7) is 2.80. The van der Waals surface area contributed by atoms with Crippen LogP contribution in [0.1, 0.15) is 24.2 Å². The third-order valence-corrected chi connectivity index (χ3v) is 3.99. The van der Waals surface area contributed by atoms with Crippen LogP contribution in [0.15, 0.2) is 24.3 Å². The van der Waals surface area contributed by atoms with Crippen LogP contribution >= 0.6 is 0 Å². The van der Waals surface area contributed by atoms with Crippen LogP contribution in [0, 0.1) is 0 Å². The van der Waals surface area contributed by atoms with E-state index < -0.39 is 6.61 Å². The molecule has 0 radical (unpaired) electrons. The van der Waals surface area contributed by atoms with Crippen LogP contribution in [0.2, 0.25) is 0 Å². The average Bonchev–Trinajstić information content (AvgIpc) is 2.90. The predicted molar refractivity (Wildman–Crippen MR) is 81.8 cm³/mol. The monoisotopic (exact) mass is 328 g/mol. The minimum atomic E-state index is -2.88. The fourth-order valence-corrected chi connectivity index (χ4v) is 2.64. The highest BCUT2D eigenvalue weighted by molar-refractivity contribution is 5.94. The largest absolute Gasteiger partial charge is 0.435 e. The highest BCUT2D eigenvalue weighted by atomic mass is 19.3. The van der Waals surface area contributed by atoms with Crippen molar-refractivity contribution >= 4 is 5.91 Å². The maximum atomic E-state index is 12.3. The van der Waals surface area contributed by atoms with Crippen molar-refractivity contribution in [3.05, 3.63) is 29.8 Å². The van der Waals surface area contributed by atoms with Gasteiger partial charge in [-0.05, 0) is 38.1 Å². The van der Waals surface area contributed by atoms with Gasteiger partial charge in [0.05, 0.1) is 12.1 Å². The van der Waals surface area contributed by atoms with Crippen LogP contribution in [0.4, 0.5) is 8.78 Å². The number of nitrogens with zero attached hydrogens (tertiary/aromatic N) is 1. The Hall–Kier alpha value is -1.73. The van der Waals surface area contributed by atoms with Crippen LogP contribution in [-0.4, -0.2) is 55.8 Å². The molecule has 23 heavy (non-hydrogen) atoms. The normalized spacial score (nSPS) is 21.9. The summed E-state index contributed by atoms with van der Waals surface area (Å²) in [6.07, 6.45) is -0.0669. The van der Waals surface area contributed by atoms with Gasteiger partial charge in [0.2, 0.25) is 0 Å². The highest BCUT2D eigenvalue weighted by Gasteiger charge is 2.35. The number of ether oxygens (including phenoxy) is 2. The summed E-state index contributed by atoms with van der Waals surface area (Å²) >= 11 is 0. The number of hydrogen-bond acceptors (Lipinski definition) is 4. The first-order valence-corrected chi connectivity index (χ1v) is 7.53. The Balaban J connectivity index is 1.98. The van der Waals surface area contributed by atoms with Gasteiger partial charge in [-0.3, -0.25) is 9.69 Å². The molecule has 2 rings (SSSR count). The van der Waals surface area contributed by atoms with Crippen LogP contribution in [0.25, 0.3) is 0 Å². The molecule has 1 aromatic rings. The molecule has 0 aliphatic carbocycles. The first-order chi connectivity index (χ1) is 10.9. The number of likely N-dealkylation sites (tertiary alicyclic amines) is 1. The minimum Gasteiger partial charge on any atom is -0.435 e. The Morgan fingerprint density at radius 2 is 1.91 bits per heavy atom. The number of halogens is 2. The number of rotatable bonds is 6. The third kappa shape index (κ3) is 4.62. The Morgan fingerprint density at radius 1 is 1.26 bits per heavy atom. The summed E-state index contributed by atoms with van der Waals surface area (Å²) in [5.74, 6) is -0.232. The zero-order chi connectivity index (χ0) is 17.0. The van der Waals surface area contributed by atoms with E-state index in [1.807, 2.05) is 0 Å². The van der Waals surface area contributed by atoms with Crippen molar-refractivity contribution in [2.75, 3.05) is 20.2 Å². The summed E-state index contributed by atoms with van der Waals surface area (Å²) < 4.78 is 33.9. The van der Waals surface area contributed by atoms with E-state index in [1.54, 1.807) is 7.11 Å². The van der Waals surface area contributed by atoms with Gasteiger partial charge < -0.3 is 14.8 Å². The molecule has 1 saturated heterocycles. The highest BCUT2D eigenvalue weighted by Crippen LogP contribution is 2.18. The maximum Gasteiger partial charge on any atom is 0.387 e. The molecule has 5 nitrogen and oxygen atoms in total. The quantitative estimate of drug-likeness (QED) is 0.869. The SMILES string of the molecule is CO[C@H]1CN(C(C)C)C[C@@H]1NC(=O)c1ccc(OC(F)F)cc1. The van der Waals surface area contributed by atoms with Gasteiger partial charge >= 0.3 is 6.61 Å². The molecule has 1 aliphatic heterocycles. The Labute approximate surface area is 134 Å². The number of carbonyl (C=O) groups is 1. The summed E-state index contributed by atoms with van der Waals surface area (Å²) in [4.78, 5) is 14.5. The molecule has 0 spiro atoms. The van der Waals surface area contributed by atoms with Crippen LogP contribution in [0.3, 0.4) is 0 Å². The lowest BCUT2D eigenvalue weighted by Crippen LogP contribution is -2.43. The molecular weight excluding hydrogens is 306 g/mol. The number of hydrogen-bond donors (Lipinski definition) is 1. The summed E-state index contributed by atoms with van der Waals surface area (Å²) in [7, 11) is 1.63. The Bertz CT molecular complexity index is 523. The Kier molecular flexibility index (Phi) is 5.90. The lowest BCUT2D eigenvalue weighted by atomic mass is 10.1. The lowest BCUT2D eigenvalue weighted by Gasteiger charge is -2.20. The maximum absolute atomic E-state index is 12.3. The number of amides is 1. The molecule has 1 heterocycles. The molecular formula is C16H22F2N2O3. The number of carbonyl (C=O) groups excluding carboxylic acids is 1. The first kappa shape index (κ1) is 17.6. The van der Waals surface area contributed by atoms with E-state index in [2.05, 4.69) is 28.8 Å². The number of methoxy groups -OCH3 is 1. The van der Waals surface area contributed by atoms with Gasteiger partial charge in [0, 0.05) is 31.8 Å².